The molecule has 0 unspecified atom stereocenters. The predicted octanol–water partition coefficient (Wildman–Crippen LogP) is 2.20. The summed E-state index contributed by atoms with van der Waals surface area (Å²) in [6.45, 7) is 0.859. The molecule has 0 bridgehead atoms. The zero-order valence-electron chi connectivity index (χ0n) is 10.1. The molecule has 0 saturated carbocycles. The summed E-state index contributed by atoms with van der Waals surface area (Å²) in [7, 11) is 0. The van der Waals surface area contributed by atoms with Gasteiger partial charge in [-0.05, 0) is 25.0 Å². The van der Waals surface area contributed by atoms with E-state index in [0.29, 0.717) is 31.5 Å². The van der Waals surface area contributed by atoms with E-state index >= 15 is 0 Å². The number of halogens is 2. The van der Waals surface area contributed by atoms with E-state index in [1.54, 1.807) is 18.3 Å². The number of pyridine rings is 1. The summed E-state index contributed by atoms with van der Waals surface area (Å²) in [4.78, 5) is 29.0. The Balaban J connectivity index is 1.90. The number of hydrogen-bond donors (Lipinski definition) is 1. The third-order valence-electron chi connectivity index (χ3n) is 2.93. The van der Waals surface area contributed by atoms with Crippen molar-refractivity contribution in [2.75, 3.05) is 13.1 Å². The van der Waals surface area contributed by atoms with Crippen molar-refractivity contribution in [3.05, 3.63) is 30.1 Å². The first kappa shape index (κ1) is 14.1. The molecule has 0 aliphatic carbocycles. The maximum atomic E-state index is 11.9. The van der Waals surface area contributed by atoms with Crippen molar-refractivity contribution in [2.45, 2.75) is 17.2 Å². The van der Waals surface area contributed by atoms with Gasteiger partial charge in [-0.2, -0.15) is 0 Å². The average Bonchev–Trinajstić information content (AvgIpc) is 2.39. The lowest BCUT2D eigenvalue weighted by Crippen LogP contribution is -2.48. The number of aromatic nitrogens is 1. The Morgan fingerprint density at radius 3 is 2.58 bits per heavy atom. The van der Waals surface area contributed by atoms with Crippen molar-refractivity contribution < 1.29 is 9.59 Å². The molecule has 102 valence electrons. The van der Waals surface area contributed by atoms with Crippen molar-refractivity contribution in [1.82, 2.24) is 15.2 Å². The van der Waals surface area contributed by atoms with E-state index in [4.69, 9.17) is 23.2 Å². The Hall–Kier alpha value is -1.33. The SMILES string of the molecule is O=C(NC(=O)N1CCC(Cl)(Cl)CC1)c1cccnc1. The molecular formula is C12H13Cl2N3O2. The van der Waals surface area contributed by atoms with Crippen molar-refractivity contribution in [3.63, 3.8) is 0 Å². The first-order chi connectivity index (χ1) is 8.98. The number of carbonyl (C=O) groups is 2. The molecule has 1 aliphatic heterocycles. The standard InChI is InChI=1S/C12H13Cl2N3O2/c13-12(14)3-6-17(7-4-12)11(19)16-10(18)9-2-1-5-15-8-9/h1-2,5,8H,3-4,6-7H2,(H,16,18,19). The summed E-state index contributed by atoms with van der Waals surface area (Å²) in [5.41, 5.74) is 0.344. The highest BCUT2D eigenvalue weighted by atomic mass is 35.5. The molecule has 2 heterocycles. The number of piperidine rings is 1. The lowest BCUT2D eigenvalue weighted by molar-refractivity contribution is 0.0948. The summed E-state index contributed by atoms with van der Waals surface area (Å²) >= 11 is 12.0. The number of carbonyl (C=O) groups excluding carboxylic acids is 2. The molecule has 5 nitrogen and oxygen atoms in total. The second-order valence-corrected chi connectivity index (χ2v) is 5.98. The predicted molar refractivity (Wildman–Crippen MR) is 72.3 cm³/mol. The number of nitrogens with one attached hydrogen (secondary N) is 1. The third-order valence-corrected chi connectivity index (χ3v) is 3.68. The summed E-state index contributed by atoms with van der Waals surface area (Å²) in [5, 5.41) is 2.32. The van der Waals surface area contributed by atoms with E-state index in [-0.39, 0.29) is 0 Å². The Morgan fingerprint density at radius 1 is 1.32 bits per heavy atom. The molecule has 7 heteroatoms. The maximum absolute atomic E-state index is 11.9. The fourth-order valence-electron chi connectivity index (χ4n) is 1.78. The molecule has 0 aromatic carbocycles. The van der Waals surface area contributed by atoms with Crippen LogP contribution < -0.4 is 5.32 Å². The van der Waals surface area contributed by atoms with Crippen LogP contribution in [-0.2, 0) is 0 Å². The molecular weight excluding hydrogens is 289 g/mol. The number of hydrogen-bond acceptors (Lipinski definition) is 3. The van der Waals surface area contributed by atoms with Gasteiger partial charge in [-0.15, -0.1) is 23.2 Å². The van der Waals surface area contributed by atoms with Gasteiger partial charge in [0.2, 0.25) is 0 Å². The van der Waals surface area contributed by atoms with Crippen LogP contribution in [0.15, 0.2) is 24.5 Å². The summed E-state index contributed by atoms with van der Waals surface area (Å²) in [6.07, 6.45) is 3.94. The van der Waals surface area contributed by atoms with E-state index < -0.39 is 16.3 Å². The lowest BCUT2D eigenvalue weighted by atomic mass is 10.1. The van der Waals surface area contributed by atoms with Crippen LogP contribution >= 0.6 is 23.2 Å². The number of amides is 3. The van der Waals surface area contributed by atoms with Crippen molar-refractivity contribution in [2.24, 2.45) is 0 Å². The van der Waals surface area contributed by atoms with Gasteiger partial charge in [0, 0.05) is 25.5 Å². The van der Waals surface area contributed by atoms with E-state index in [9.17, 15) is 9.59 Å². The second-order valence-electron chi connectivity index (χ2n) is 4.34. The number of urea groups is 1. The molecule has 19 heavy (non-hydrogen) atoms. The largest absolute Gasteiger partial charge is 0.324 e. The van der Waals surface area contributed by atoms with Crippen LogP contribution in [0, 0.1) is 0 Å². The van der Waals surface area contributed by atoms with E-state index in [1.165, 1.54) is 11.1 Å². The van der Waals surface area contributed by atoms with E-state index in [0.717, 1.165) is 0 Å². The number of alkyl halides is 2. The van der Waals surface area contributed by atoms with Gasteiger partial charge in [0.15, 0.2) is 0 Å². The molecule has 1 aromatic heterocycles. The molecule has 1 N–H and O–H groups in total. The fraction of sp³-hybridized carbons (Fsp3) is 0.417. The molecule has 3 amide bonds. The van der Waals surface area contributed by atoms with Crippen molar-refractivity contribution >= 4 is 35.1 Å². The normalized spacial score (nSPS) is 17.9. The highest BCUT2D eigenvalue weighted by molar-refractivity contribution is 6.48. The molecule has 0 radical (unpaired) electrons. The molecule has 1 fully saturated rings. The second kappa shape index (κ2) is 5.75. The van der Waals surface area contributed by atoms with Crippen LogP contribution in [0.4, 0.5) is 4.79 Å². The Morgan fingerprint density at radius 2 is 2.00 bits per heavy atom. The third kappa shape index (κ3) is 3.81. The maximum Gasteiger partial charge on any atom is 0.324 e. The molecule has 0 spiro atoms. The van der Waals surface area contributed by atoms with Crippen LogP contribution in [0.1, 0.15) is 23.2 Å². The van der Waals surface area contributed by atoms with Gasteiger partial charge in [0.05, 0.1) is 5.56 Å². The Labute approximate surface area is 120 Å². The minimum atomic E-state index is -0.774. The number of nitrogens with zero attached hydrogens (tertiary/aromatic N) is 2. The Kier molecular flexibility index (Phi) is 4.27. The van der Waals surface area contributed by atoms with Crippen LogP contribution in [0.2, 0.25) is 0 Å². The highest BCUT2D eigenvalue weighted by Gasteiger charge is 2.32. The summed E-state index contributed by atoms with van der Waals surface area (Å²) < 4.78 is -0.774. The van der Waals surface area contributed by atoms with Gasteiger partial charge >= 0.3 is 6.03 Å². The van der Waals surface area contributed by atoms with Crippen molar-refractivity contribution in [1.29, 1.82) is 0 Å². The Bertz CT molecular complexity index is 469. The van der Waals surface area contributed by atoms with Gasteiger partial charge < -0.3 is 4.90 Å². The minimum Gasteiger partial charge on any atom is -0.324 e. The van der Waals surface area contributed by atoms with Crippen LogP contribution in [0.25, 0.3) is 0 Å². The van der Waals surface area contributed by atoms with Gasteiger partial charge in [-0.1, -0.05) is 0 Å². The smallest absolute Gasteiger partial charge is 0.324 e. The summed E-state index contributed by atoms with van der Waals surface area (Å²) in [5.74, 6) is -0.466. The zero-order chi connectivity index (χ0) is 13.9. The summed E-state index contributed by atoms with van der Waals surface area (Å²) in [6, 6.07) is 2.79. The van der Waals surface area contributed by atoms with Crippen LogP contribution in [0.3, 0.4) is 0 Å². The molecule has 1 saturated heterocycles. The minimum absolute atomic E-state index is 0.344. The van der Waals surface area contributed by atoms with Crippen LogP contribution in [0.5, 0.6) is 0 Å². The molecule has 1 aromatic rings. The average molecular weight is 302 g/mol. The van der Waals surface area contributed by atoms with E-state index in [1.807, 2.05) is 0 Å². The molecule has 1 aliphatic rings. The van der Waals surface area contributed by atoms with Crippen molar-refractivity contribution in [3.8, 4) is 0 Å². The quantitative estimate of drug-likeness (QED) is 0.809. The monoisotopic (exact) mass is 301 g/mol. The fourth-order valence-corrected chi connectivity index (χ4v) is 2.12. The number of imide groups is 1. The lowest BCUT2D eigenvalue weighted by Gasteiger charge is -2.33. The number of likely N-dealkylation sites (tertiary alicyclic amines) is 1. The van der Waals surface area contributed by atoms with Crippen LogP contribution in [-0.4, -0.2) is 39.2 Å². The topological polar surface area (TPSA) is 62.3 Å². The molecule has 0 atom stereocenters. The van der Waals surface area contributed by atoms with Gasteiger partial charge in [-0.25, -0.2) is 4.79 Å². The number of rotatable bonds is 1. The van der Waals surface area contributed by atoms with Gasteiger partial charge in [-0.3, -0.25) is 15.1 Å². The highest BCUT2D eigenvalue weighted by Crippen LogP contribution is 2.33. The molecule has 2 rings (SSSR count). The van der Waals surface area contributed by atoms with Gasteiger partial charge in [0.25, 0.3) is 5.91 Å². The van der Waals surface area contributed by atoms with Gasteiger partial charge in [0.1, 0.15) is 4.33 Å². The first-order valence-electron chi connectivity index (χ1n) is 5.86. The first-order valence-corrected chi connectivity index (χ1v) is 6.62. The zero-order valence-corrected chi connectivity index (χ0v) is 11.6. The van der Waals surface area contributed by atoms with E-state index in [2.05, 4.69) is 10.3 Å².